The van der Waals surface area contributed by atoms with Crippen LogP contribution in [0.2, 0.25) is 0 Å². The van der Waals surface area contributed by atoms with Crippen LogP contribution in [0.4, 0.5) is 4.79 Å². The highest BCUT2D eigenvalue weighted by atomic mass is 16.6. The van der Waals surface area contributed by atoms with Gasteiger partial charge in [0.1, 0.15) is 11.6 Å². The van der Waals surface area contributed by atoms with Crippen molar-refractivity contribution in [3.05, 3.63) is 0 Å². The van der Waals surface area contributed by atoms with Crippen molar-refractivity contribution < 1.29 is 14.3 Å². The van der Waals surface area contributed by atoms with Gasteiger partial charge in [0.25, 0.3) is 0 Å². The minimum atomic E-state index is -0.544. The SMILES string of the molecule is CN1CCN(CCCNC(=O)C2CCCCN2C(=O)OC(C)(C)C)CC1. The monoisotopic (exact) mass is 368 g/mol. The average molecular weight is 369 g/mol. The van der Waals surface area contributed by atoms with Crippen LogP contribution in [0.5, 0.6) is 0 Å². The van der Waals surface area contributed by atoms with E-state index in [0.29, 0.717) is 19.5 Å². The normalized spacial score (nSPS) is 22.9. The molecule has 0 radical (unpaired) electrons. The lowest BCUT2D eigenvalue weighted by Gasteiger charge is -2.36. The highest BCUT2D eigenvalue weighted by molar-refractivity contribution is 5.85. The van der Waals surface area contributed by atoms with Gasteiger partial charge < -0.3 is 19.9 Å². The predicted molar refractivity (Wildman–Crippen MR) is 102 cm³/mol. The minimum absolute atomic E-state index is 0.0473. The Morgan fingerprint density at radius 1 is 1.08 bits per heavy atom. The quantitative estimate of drug-likeness (QED) is 0.746. The average Bonchev–Trinajstić information content (AvgIpc) is 2.58. The molecular formula is C19H36N4O3. The highest BCUT2D eigenvalue weighted by Gasteiger charge is 2.34. The van der Waals surface area contributed by atoms with Crippen molar-refractivity contribution in [3.63, 3.8) is 0 Å². The molecule has 7 nitrogen and oxygen atoms in total. The van der Waals surface area contributed by atoms with E-state index in [1.54, 1.807) is 4.90 Å². The Balaban J connectivity index is 1.74. The Hall–Kier alpha value is -1.34. The molecule has 0 aromatic carbocycles. The Kier molecular flexibility index (Phi) is 7.70. The van der Waals surface area contributed by atoms with Gasteiger partial charge in [-0.05, 0) is 60.0 Å². The number of likely N-dealkylation sites (tertiary alicyclic amines) is 1. The summed E-state index contributed by atoms with van der Waals surface area (Å²) in [6.07, 6.45) is 3.17. The van der Waals surface area contributed by atoms with Gasteiger partial charge in [0, 0.05) is 39.3 Å². The van der Waals surface area contributed by atoms with Crippen LogP contribution < -0.4 is 5.32 Å². The van der Waals surface area contributed by atoms with Crippen molar-refractivity contribution in [2.24, 2.45) is 0 Å². The van der Waals surface area contributed by atoms with Crippen LogP contribution in [0.15, 0.2) is 0 Å². The molecule has 0 aromatic rings. The van der Waals surface area contributed by atoms with Crippen molar-refractivity contribution in [2.75, 3.05) is 52.9 Å². The second kappa shape index (κ2) is 9.55. The molecule has 0 aromatic heterocycles. The van der Waals surface area contributed by atoms with E-state index in [4.69, 9.17) is 4.74 Å². The van der Waals surface area contributed by atoms with Gasteiger partial charge in [-0.1, -0.05) is 0 Å². The number of ether oxygens (including phenoxy) is 1. The number of carbonyl (C=O) groups is 2. The molecule has 150 valence electrons. The number of piperidine rings is 1. The third kappa shape index (κ3) is 6.76. The third-order valence-electron chi connectivity index (χ3n) is 4.98. The predicted octanol–water partition coefficient (Wildman–Crippen LogP) is 1.53. The summed E-state index contributed by atoms with van der Waals surface area (Å²) in [6, 6.07) is -0.401. The summed E-state index contributed by atoms with van der Waals surface area (Å²) in [7, 11) is 2.15. The summed E-state index contributed by atoms with van der Waals surface area (Å²) in [5.41, 5.74) is -0.544. The van der Waals surface area contributed by atoms with Crippen LogP contribution >= 0.6 is 0 Å². The number of hydrogen-bond donors (Lipinski definition) is 1. The first kappa shape index (κ1) is 21.0. The van der Waals surface area contributed by atoms with Gasteiger partial charge in [0.2, 0.25) is 5.91 Å². The lowest BCUT2D eigenvalue weighted by Crippen LogP contribution is -2.53. The Labute approximate surface area is 158 Å². The van der Waals surface area contributed by atoms with E-state index in [9.17, 15) is 9.59 Å². The van der Waals surface area contributed by atoms with E-state index in [-0.39, 0.29) is 12.0 Å². The number of likely N-dealkylation sites (N-methyl/N-ethyl adjacent to an activating group) is 1. The van der Waals surface area contributed by atoms with E-state index in [1.807, 2.05) is 20.8 Å². The molecule has 26 heavy (non-hydrogen) atoms. The fourth-order valence-corrected chi connectivity index (χ4v) is 3.45. The number of piperazine rings is 1. The van der Waals surface area contributed by atoms with Crippen molar-refractivity contribution in [3.8, 4) is 0 Å². The molecule has 2 amide bonds. The standard InChI is InChI=1S/C19H36N4O3/c1-19(2,3)26-18(25)23-11-6-5-8-16(23)17(24)20-9-7-10-22-14-12-21(4)13-15-22/h16H,5-15H2,1-4H3,(H,20,24). The summed E-state index contributed by atoms with van der Waals surface area (Å²) in [6.45, 7) is 12.2. The third-order valence-corrected chi connectivity index (χ3v) is 4.98. The lowest BCUT2D eigenvalue weighted by atomic mass is 10.0. The van der Waals surface area contributed by atoms with Crippen molar-refractivity contribution >= 4 is 12.0 Å². The second-order valence-corrected chi connectivity index (χ2v) is 8.47. The summed E-state index contributed by atoms with van der Waals surface area (Å²) in [4.78, 5) is 31.4. The number of rotatable bonds is 5. The van der Waals surface area contributed by atoms with Crippen molar-refractivity contribution in [2.45, 2.75) is 58.1 Å². The lowest BCUT2D eigenvalue weighted by molar-refractivity contribution is -0.127. The number of amides is 2. The Morgan fingerprint density at radius 2 is 1.77 bits per heavy atom. The van der Waals surface area contributed by atoms with Crippen molar-refractivity contribution in [1.29, 1.82) is 0 Å². The first-order valence-electron chi connectivity index (χ1n) is 9.94. The number of nitrogens with zero attached hydrogens (tertiary/aromatic N) is 3. The van der Waals surface area contributed by atoms with Gasteiger partial charge in [-0.15, -0.1) is 0 Å². The van der Waals surface area contributed by atoms with E-state index in [1.165, 1.54) is 0 Å². The molecule has 0 aliphatic carbocycles. The van der Waals surface area contributed by atoms with Gasteiger partial charge in [0.05, 0.1) is 0 Å². The Morgan fingerprint density at radius 3 is 2.42 bits per heavy atom. The van der Waals surface area contributed by atoms with Crippen LogP contribution in [0, 0.1) is 0 Å². The zero-order valence-electron chi connectivity index (χ0n) is 16.9. The zero-order chi connectivity index (χ0) is 19.2. The number of hydrogen-bond acceptors (Lipinski definition) is 5. The second-order valence-electron chi connectivity index (χ2n) is 8.47. The number of carbonyl (C=O) groups excluding carboxylic acids is 2. The fourth-order valence-electron chi connectivity index (χ4n) is 3.45. The van der Waals surface area contributed by atoms with Crippen LogP contribution in [0.25, 0.3) is 0 Å². The first-order chi connectivity index (χ1) is 12.3. The van der Waals surface area contributed by atoms with Crippen LogP contribution in [-0.2, 0) is 9.53 Å². The van der Waals surface area contributed by atoms with E-state index in [2.05, 4.69) is 22.2 Å². The molecule has 0 bridgehead atoms. The van der Waals surface area contributed by atoms with Crippen LogP contribution in [-0.4, -0.2) is 91.2 Å². The Bertz CT molecular complexity index is 470. The van der Waals surface area contributed by atoms with E-state index >= 15 is 0 Å². The zero-order valence-corrected chi connectivity index (χ0v) is 16.9. The number of nitrogens with one attached hydrogen (secondary N) is 1. The van der Waals surface area contributed by atoms with E-state index in [0.717, 1.165) is 52.0 Å². The molecule has 2 fully saturated rings. The van der Waals surface area contributed by atoms with Gasteiger partial charge in [-0.2, -0.15) is 0 Å². The molecule has 2 aliphatic heterocycles. The molecule has 0 spiro atoms. The van der Waals surface area contributed by atoms with E-state index < -0.39 is 11.6 Å². The van der Waals surface area contributed by atoms with Gasteiger partial charge in [-0.3, -0.25) is 9.69 Å². The fraction of sp³-hybridized carbons (Fsp3) is 0.895. The topological polar surface area (TPSA) is 65.1 Å². The maximum absolute atomic E-state index is 12.6. The van der Waals surface area contributed by atoms with Crippen LogP contribution in [0.1, 0.15) is 46.5 Å². The summed E-state index contributed by atoms with van der Waals surface area (Å²) in [5.74, 6) is -0.0473. The molecule has 2 aliphatic rings. The maximum Gasteiger partial charge on any atom is 0.410 e. The molecule has 1 N–H and O–H groups in total. The molecule has 0 saturated carbocycles. The molecule has 2 heterocycles. The van der Waals surface area contributed by atoms with Crippen molar-refractivity contribution in [1.82, 2.24) is 20.0 Å². The van der Waals surface area contributed by atoms with Gasteiger partial charge in [0.15, 0.2) is 0 Å². The van der Waals surface area contributed by atoms with Gasteiger partial charge in [-0.25, -0.2) is 4.79 Å². The van der Waals surface area contributed by atoms with Gasteiger partial charge >= 0.3 is 6.09 Å². The molecule has 1 atom stereocenters. The summed E-state index contributed by atoms with van der Waals surface area (Å²) >= 11 is 0. The largest absolute Gasteiger partial charge is 0.444 e. The minimum Gasteiger partial charge on any atom is -0.444 e. The molecule has 2 rings (SSSR count). The van der Waals surface area contributed by atoms with Crippen LogP contribution in [0.3, 0.4) is 0 Å². The first-order valence-corrected chi connectivity index (χ1v) is 9.94. The molecule has 7 heteroatoms. The summed E-state index contributed by atoms with van der Waals surface area (Å²) < 4.78 is 5.47. The molecule has 1 unspecified atom stereocenters. The maximum atomic E-state index is 12.6. The molecule has 2 saturated heterocycles. The highest BCUT2D eigenvalue weighted by Crippen LogP contribution is 2.20. The smallest absolute Gasteiger partial charge is 0.410 e. The summed E-state index contributed by atoms with van der Waals surface area (Å²) in [5, 5.41) is 3.02. The molecular weight excluding hydrogens is 332 g/mol.